The van der Waals surface area contributed by atoms with Crippen molar-refractivity contribution in [3.05, 3.63) is 65.9 Å². The van der Waals surface area contributed by atoms with Gasteiger partial charge in [0.2, 0.25) is 5.95 Å². The number of halogens is 3. The minimum Gasteiger partial charge on any atom is -0.465 e. The highest BCUT2D eigenvalue weighted by molar-refractivity contribution is 5.96. The summed E-state index contributed by atoms with van der Waals surface area (Å²) in [6.45, 7) is 0. The molecule has 0 unspecified atom stereocenters. The van der Waals surface area contributed by atoms with Crippen molar-refractivity contribution in [1.29, 1.82) is 0 Å². The Morgan fingerprint density at radius 3 is 2.61 bits per heavy atom. The van der Waals surface area contributed by atoms with Gasteiger partial charge in [-0.25, -0.2) is 4.79 Å². The van der Waals surface area contributed by atoms with Gasteiger partial charge in [-0.2, -0.15) is 23.3 Å². The van der Waals surface area contributed by atoms with Gasteiger partial charge in [0.1, 0.15) is 0 Å². The van der Waals surface area contributed by atoms with E-state index in [9.17, 15) is 18.0 Å². The number of alkyl halides is 3. The van der Waals surface area contributed by atoms with E-state index in [1.807, 2.05) is 0 Å². The number of anilines is 4. The van der Waals surface area contributed by atoms with E-state index in [4.69, 9.17) is 4.74 Å². The van der Waals surface area contributed by atoms with Crippen LogP contribution in [0.15, 0.2) is 54.7 Å². The Morgan fingerprint density at radius 1 is 1.07 bits per heavy atom. The standard InChI is InChI=1S/C18H14F3N5O2/c1-28-16(27)13-7-2-3-8-14(13)24-17-25-15(10-22-26-17)23-12-6-4-5-11(9-12)18(19,20)21/h2-10H,1H3,(H2,23,24,25,26). The summed E-state index contributed by atoms with van der Waals surface area (Å²) in [5.74, 6) is -0.324. The van der Waals surface area contributed by atoms with Crippen LogP contribution >= 0.6 is 0 Å². The maximum absolute atomic E-state index is 12.8. The molecular weight excluding hydrogens is 375 g/mol. The number of benzene rings is 2. The second kappa shape index (κ2) is 7.91. The van der Waals surface area contributed by atoms with Gasteiger partial charge in [-0.1, -0.05) is 18.2 Å². The zero-order valence-corrected chi connectivity index (χ0v) is 14.5. The van der Waals surface area contributed by atoms with E-state index in [-0.39, 0.29) is 23.0 Å². The van der Waals surface area contributed by atoms with Crippen LogP contribution in [0.5, 0.6) is 0 Å². The third kappa shape index (κ3) is 4.53. The Hall–Kier alpha value is -3.69. The van der Waals surface area contributed by atoms with Crippen LogP contribution in [0.2, 0.25) is 0 Å². The monoisotopic (exact) mass is 389 g/mol. The van der Waals surface area contributed by atoms with Crippen LogP contribution < -0.4 is 10.6 Å². The molecular formula is C18H14F3N5O2. The molecule has 0 aliphatic carbocycles. The summed E-state index contributed by atoms with van der Waals surface area (Å²) in [5, 5.41) is 13.2. The number of nitrogens with zero attached hydrogens (tertiary/aromatic N) is 3. The zero-order chi connectivity index (χ0) is 20.1. The number of hydrogen-bond donors (Lipinski definition) is 2. The number of hydrogen-bond acceptors (Lipinski definition) is 7. The summed E-state index contributed by atoms with van der Waals surface area (Å²) in [7, 11) is 1.26. The molecule has 2 aromatic carbocycles. The van der Waals surface area contributed by atoms with Crippen molar-refractivity contribution in [1.82, 2.24) is 15.2 Å². The first-order valence-electron chi connectivity index (χ1n) is 7.95. The van der Waals surface area contributed by atoms with Crippen molar-refractivity contribution in [3.8, 4) is 0 Å². The summed E-state index contributed by atoms with van der Waals surface area (Å²) in [5.41, 5.74) is 0.0679. The van der Waals surface area contributed by atoms with Crippen molar-refractivity contribution in [2.24, 2.45) is 0 Å². The fourth-order valence-corrected chi connectivity index (χ4v) is 2.34. The lowest BCUT2D eigenvalue weighted by Gasteiger charge is -2.11. The van der Waals surface area contributed by atoms with Gasteiger partial charge in [0.15, 0.2) is 5.82 Å². The molecule has 3 aromatic rings. The van der Waals surface area contributed by atoms with Crippen LogP contribution in [0.25, 0.3) is 0 Å². The van der Waals surface area contributed by atoms with Crippen molar-refractivity contribution < 1.29 is 22.7 Å². The summed E-state index contributed by atoms with van der Waals surface area (Å²) < 4.78 is 43.2. The predicted octanol–water partition coefficient (Wildman–Crippen LogP) is 4.16. The fraction of sp³-hybridized carbons (Fsp3) is 0.111. The van der Waals surface area contributed by atoms with Crippen LogP contribution in [0, 0.1) is 0 Å². The summed E-state index contributed by atoms with van der Waals surface area (Å²) in [6.07, 6.45) is -3.19. The zero-order valence-electron chi connectivity index (χ0n) is 14.5. The number of rotatable bonds is 5. The topological polar surface area (TPSA) is 89.0 Å². The van der Waals surface area contributed by atoms with E-state index in [2.05, 4.69) is 25.8 Å². The lowest BCUT2D eigenvalue weighted by Crippen LogP contribution is -2.08. The highest BCUT2D eigenvalue weighted by atomic mass is 19.4. The number of ether oxygens (including phenoxy) is 1. The Morgan fingerprint density at radius 2 is 1.86 bits per heavy atom. The fourth-order valence-electron chi connectivity index (χ4n) is 2.34. The summed E-state index contributed by atoms with van der Waals surface area (Å²) in [6, 6.07) is 11.2. The van der Waals surface area contributed by atoms with Gasteiger partial charge in [-0.15, -0.1) is 5.10 Å². The van der Waals surface area contributed by atoms with Gasteiger partial charge in [0.05, 0.1) is 30.1 Å². The number of carbonyl (C=O) groups excluding carboxylic acids is 1. The lowest BCUT2D eigenvalue weighted by atomic mass is 10.2. The predicted molar refractivity (Wildman–Crippen MR) is 95.6 cm³/mol. The SMILES string of the molecule is COC(=O)c1ccccc1Nc1nncc(Nc2cccc(C(F)(F)F)c2)n1. The highest BCUT2D eigenvalue weighted by Gasteiger charge is 2.30. The molecule has 28 heavy (non-hydrogen) atoms. The molecule has 0 aliphatic heterocycles. The molecule has 0 bridgehead atoms. The van der Waals surface area contributed by atoms with Crippen molar-refractivity contribution >= 4 is 29.1 Å². The molecule has 0 radical (unpaired) electrons. The van der Waals surface area contributed by atoms with Gasteiger partial charge in [-0.05, 0) is 30.3 Å². The molecule has 1 heterocycles. The third-order valence-electron chi connectivity index (χ3n) is 3.60. The van der Waals surface area contributed by atoms with Crippen molar-refractivity contribution in [3.63, 3.8) is 0 Å². The molecule has 144 valence electrons. The molecule has 0 spiro atoms. The molecule has 2 N–H and O–H groups in total. The Balaban J connectivity index is 1.82. The number of nitrogens with one attached hydrogen (secondary N) is 2. The number of carbonyl (C=O) groups is 1. The first kappa shape index (κ1) is 19.1. The van der Waals surface area contributed by atoms with E-state index in [0.717, 1.165) is 12.1 Å². The second-order valence-corrected chi connectivity index (χ2v) is 5.53. The second-order valence-electron chi connectivity index (χ2n) is 5.53. The van der Waals surface area contributed by atoms with E-state index in [0.29, 0.717) is 5.69 Å². The normalized spacial score (nSPS) is 11.0. The molecule has 1 aromatic heterocycles. The Kier molecular flexibility index (Phi) is 5.39. The minimum atomic E-state index is -4.45. The van der Waals surface area contributed by atoms with Crippen LogP contribution in [0.4, 0.5) is 36.3 Å². The average Bonchev–Trinajstić information content (AvgIpc) is 2.68. The number of para-hydroxylation sites is 1. The Labute approximate surface area is 157 Å². The van der Waals surface area contributed by atoms with Gasteiger partial charge < -0.3 is 15.4 Å². The smallest absolute Gasteiger partial charge is 0.416 e. The molecule has 0 saturated carbocycles. The van der Waals surface area contributed by atoms with Crippen molar-refractivity contribution in [2.75, 3.05) is 17.7 Å². The van der Waals surface area contributed by atoms with E-state index >= 15 is 0 Å². The van der Waals surface area contributed by atoms with Gasteiger partial charge >= 0.3 is 12.1 Å². The van der Waals surface area contributed by atoms with E-state index in [1.54, 1.807) is 24.3 Å². The van der Waals surface area contributed by atoms with Gasteiger partial charge in [-0.3, -0.25) is 0 Å². The van der Waals surface area contributed by atoms with Gasteiger partial charge in [0, 0.05) is 5.69 Å². The first-order chi connectivity index (χ1) is 13.4. The number of methoxy groups -OCH3 is 1. The molecule has 0 saturated heterocycles. The van der Waals surface area contributed by atoms with Crippen molar-refractivity contribution in [2.45, 2.75) is 6.18 Å². The van der Waals surface area contributed by atoms with Crippen LogP contribution in [0.3, 0.4) is 0 Å². The molecule has 0 aliphatic rings. The van der Waals surface area contributed by atoms with E-state index < -0.39 is 17.7 Å². The quantitative estimate of drug-likeness (QED) is 0.633. The summed E-state index contributed by atoms with van der Waals surface area (Å²) in [4.78, 5) is 16.0. The molecule has 0 atom stereocenters. The molecule has 7 nitrogen and oxygen atoms in total. The molecule has 10 heteroatoms. The number of esters is 1. The van der Waals surface area contributed by atoms with Gasteiger partial charge in [0.25, 0.3) is 0 Å². The largest absolute Gasteiger partial charge is 0.465 e. The average molecular weight is 389 g/mol. The Bertz CT molecular complexity index is 995. The highest BCUT2D eigenvalue weighted by Crippen LogP contribution is 2.31. The first-order valence-corrected chi connectivity index (χ1v) is 7.95. The molecule has 0 fully saturated rings. The molecule has 0 amide bonds. The third-order valence-corrected chi connectivity index (χ3v) is 3.60. The maximum atomic E-state index is 12.8. The van der Waals surface area contributed by atoms with Crippen LogP contribution in [-0.4, -0.2) is 28.3 Å². The lowest BCUT2D eigenvalue weighted by molar-refractivity contribution is -0.137. The van der Waals surface area contributed by atoms with Crippen LogP contribution in [-0.2, 0) is 10.9 Å². The van der Waals surface area contributed by atoms with E-state index in [1.165, 1.54) is 25.4 Å². The molecule has 3 rings (SSSR count). The maximum Gasteiger partial charge on any atom is 0.416 e. The van der Waals surface area contributed by atoms with Crippen LogP contribution in [0.1, 0.15) is 15.9 Å². The number of aromatic nitrogens is 3. The summed E-state index contributed by atoms with van der Waals surface area (Å²) >= 11 is 0. The minimum absolute atomic E-state index is 0.0494.